The van der Waals surface area contributed by atoms with E-state index in [9.17, 15) is 18.0 Å². The maximum Gasteiger partial charge on any atom is 0.307 e. The largest absolute Gasteiger partial charge is 0.469 e. The summed E-state index contributed by atoms with van der Waals surface area (Å²) in [4.78, 5) is 24.9. The molecule has 0 spiro atoms. The number of ether oxygens (including phenoxy) is 1. The van der Waals surface area contributed by atoms with E-state index in [0.29, 0.717) is 17.1 Å². The van der Waals surface area contributed by atoms with Crippen LogP contribution in [-0.2, 0) is 19.6 Å². The fourth-order valence-corrected chi connectivity index (χ4v) is 5.80. The Labute approximate surface area is 193 Å². The molecule has 1 heterocycles. The molecule has 2 unspecified atom stereocenters. The molecule has 0 bridgehead atoms. The number of esters is 1. The van der Waals surface area contributed by atoms with Gasteiger partial charge >= 0.3 is 5.97 Å². The number of piperidine rings is 1. The number of methoxy groups -OCH3 is 1. The standard InChI is InChI=1S/C23H27ClN2O5S/c1-16-7-5-6-14-26(16)32(29,30)18-12-10-17(11-13-18)23(28)25-21(15-22(27)31-2)19-8-3-4-9-20(19)24/h3-4,8-13,16,21H,5-7,14-15H2,1-2H3,(H,25,28). The van der Waals surface area contributed by atoms with Crippen molar-refractivity contribution < 1.29 is 22.7 Å². The summed E-state index contributed by atoms with van der Waals surface area (Å²) in [6.07, 6.45) is 2.60. The molecular weight excluding hydrogens is 452 g/mol. The molecule has 2 aromatic carbocycles. The van der Waals surface area contributed by atoms with Crippen molar-refractivity contribution in [2.45, 2.75) is 49.6 Å². The molecule has 1 saturated heterocycles. The number of sulfonamides is 1. The summed E-state index contributed by atoms with van der Waals surface area (Å²) in [5.74, 6) is -0.943. The van der Waals surface area contributed by atoms with Crippen LogP contribution in [0.2, 0.25) is 5.02 Å². The van der Waals surface area contributed by atoms with Gasteiger partial charge in [0.15, 0.2) is 0 Å². The average Bonchev–Trinajstić information content (AvgIpc) is 2.79. The zero-order chi connectivity index (χ0) is 23.3. The molecule has 2 atom stereocenters. The molecular formula is C23H27ClN2O5S. The van der Waals surface area contributed by atoms with Crippen LogP contribution in [0.25, 0.3) is 0 Å². The third-order valence-electron chi connectivity index (χ3n) is 5.65. The second-order valence-electron chi connectivity index (χ2n) is 7.81. The summed E-state index contributed by atoms with van der Waals surface area (Å²) in [5, 5.41) is 3.22. The highest BCUT2D eigenvalue weighted by atomic mass is 35.5. The zero-order valence-corrected chi connectivity index (χ0v) is 19.7. The van der Waals surface area contributed by atoms with Crippen LogP contribution in [0.3, 0.4) is 0 Å². The van der Waals surface area contributed by atoms with Crippen molar-refractivity contribution in [3.05, 3.63) is 64.7 Å². The van der Waals surface area contributed by atoms with Gasteiger partial charge in [0.1, 0.15) is 0 Å². The number of nitrogens with zero attached hydrogens (tertiary/aromatic N) is 1. The van der Waals surface area contributed by atoms with Gasteiger partial charge in [-0.1, -0.05) is 36.2 Å². The van der Waals surface area contributed by atoms with Crippen molar-refractivity contribution >= 4 is 33.5 Å². The van der Waals surface area contributed by atoms with Gasteiger partial charge in [-0.3, -0.25) is 9.59 Å². The van der Waals surface area contributed by atoms with Crippen LogP contribution in [-0.4, -0.2) is 44.3 Å². The van der Waals surface area contributed by atoms with Crippen LogP contribution in [0.15, 0.2) is 53.4 Å². The van der Waals surface area contributed by atoms with E-state index < -0.39 is 27.9 Å². The number of halogens is 1. The molecule has 1 N–H and O–H groups in total. The molecule has 1 aliphatic rings. The molecule has 32 heavy (non-hydrogen) atoms. The van der Waals surface area contributed by atoms with Crippen molar-refractivity contribution in [2.75, 3.05) is 13.7 Å². The first-order valence-corrected chi connectivity index (χ1v) is 12.3. The van der Waals surface area contributed by atoms with Gasteiger partial charge in [-0.25, -0.2) is 8.42 Å². The molecule has 0 radical (unpaired) electrons. The predicted molar refractivity (Wildman–Crippen MR) is 122 cm³/mol. The van der Waals surface area contributed by atoms with E-state index in [2.05, 4.69) is 5.32 Å². The lowest BCUT2D eigenvalue weighted by Gasteiger charge is -2.32. The lowest BCUT2D eigenvalue weighted by atomic mass is 10.0. The number of carbonyl (C=O) groups excluding carboxylic acids is 2. The van der Waals surface area contributed by atoms with Crippen molar-refractivity contribution in [2.24, 2.45) is 0 Å². The third kappa shape index (κ3) is 5.49. The molecule has 1 fully saturated rings. The van der Waals surface area contributed by atoms with E-state index in [-0.39, 0.29) is 22.9 Å². The normalized spacial score (nSPS) is 18.0. The van der Waals surface area contributed by atoms with Gasteiger partial charge in [-0.2, -0.15) is 4.31 Å². The first-order chi connectivity index (χ1) is 15.2. The minimum atomic E-state index is -3.62. The fraction of sp³-hybridized carbons (Fsp3) is 0.391. The van der Waals surface area contributed by atoms with E-state index >= 15 is 0 Å². The van der Waals surface area contributed by atoms with Gasteiger partial charge in [-0.15, -0.1) is 0 Å². The van der Waals surface area contributed by atoms with Crippen LogP contribution in [0.1, 0.15) is 54.6 Å². The van der Waals surface area contributed by atoms with Crippen LogP contribution < -0.4 is 5.32 Å². The Morgan fingerprint density at radius 3 is 2.47 bits per heavy atom. The first kappa shape index (κ1) is 24.2. The van der Waals surface area contributed by atoms with Crippen LogP contribution in [0, 0.1) is 0 Å². The predicted octanol–water partition coefficient (Wildman–Crippen LogP) is 3.94. The highest BCUT2D eigenvalue weighted by molar-refractivity contribution is 7.89. The molecule has 7 nitrogen and oxygen atoms in total. The summed E-state index contributed by atoms with van der Waals surface area (Å²) in [7, 11) is -2.35. The summed E-state index contributed by atoms with van der Waals surface area (Å²) in [6, 6.07) is 12.0. The Hall–Kier alpha value is -2.42. The van der Waals surface area contributed by atoms with Gasteiger partial charge < -0.3 is 10.1 Å². The molecule has 172 valence electrons. The van der Waals surface area contributed by atoms with Gasteiger partial charge in [0, 0.05) is 23.2 Å². The lowest BCUT2D eigenvalue weighted by Crippen LogP contribution is -2.41. The van der Waals surface area contributed by atoms with Crippen molar-refractivity contribution in [3.63, 3.8) is 0 Å². The maximum absolute atomic E-state index is 13.0. The molecule has 0 aromatic heterocycles. The topological polar surface area (TPSA) is 92.8 Å². The molecule has 1 aliphatic heterocycles. The van der Waals surface area contributed by atoms with E-state index in [4.69, 9.17) is 16.3 Å². The highest BCUT2D eigenvalue weighted by Gasteiger charge is 2.31. The van der Waals surface area contributed by atoms with Gasteiger partial charge in [0.25, 0.3) is 5.91 Å². The molecule has 1 amide bonds. The Morgan fingerprint density at radius 1 is 1.16 bits per heavy atom. The summed E-state index contributed by atoms with van der Waals surface area (Å²) in [5.41, 5.74) is 0.865. The van der Waals surface area contributed by atoms with Crippen LogP contribution >= 0.6 is 11.6 Å². The van der Waals surface area contributed by atoms with E-state index in [1.165, 1.54) is 35.7 Å². The fourth-order valence-electron chi connectivity index (χ4n) is 3.83. The summed E-state index contributed by atoms with van der Waals surface area (Å²) >= 11 is 6.26. The minimum absolute atomic E-state index is 0.0496. The van der Waals surface area contributed by atoms with Gasteiger partial charge in [0.2, 0.25) is 10.0 Å². The Kier molecular flexibility index (Phi) is 7.92. The Bertz CT molecular complexity index is 1070. The monoisotopic (exact) mass is 478 g/mol. The SMILES string of the molecule is COC(=O)CC(NC(=O)c1ccc(S(=O)(=O)N2CCCCC2C)cc1)c1ccccc1Cl. The Balaban J connectivity index is 1.79. The highest BCUT2D eigenvalue weighted by Crippen LogP contribution is 2.27. The molecule has 3 rings (SSSR count). The average molecular weight is 479 g/mol. The number of hydrogen-bond acceptors (Lipinski definition) is 5. The van der Waals surface area contributed by atoms with Crippen LogP contribution in [0.5, 0.6) is 0 Å². The smallest absolute Gasteiger partial charge is 0.307 e. The summed E-state index contributed by atoms with van der Waals surface area (Å²) in [6.45, 7) is 2.41. The molecule has 0 saturated carbocycles. The minimum Gasteiger partial charge on any atom is -0.469 e. The number of amides is 1. The third-order valence-corrected chi connectivity index (χ3v) is 8.02. The summed E-state index contributed by atoms with van der Waals surface area (Å²) < 4.78 is 32.3. The second-order valence-corrected chi connectivity index (χ2v) is 10.1. The number of carbonyl (C=O) groups is 2. The van der Waals surface area contributed by atoms with Crippen molar-refractivity contribution in [1.82, 2.24) is 9.62 Å². The number of benzene rings is 2. The lowest BCUT2D eigenvalue weighted by molar-refractivity contribution is -0.141. The van der Waals surface area contributed by atoms with Gasteiger partial charge in [0.05, 0.1) is 24.5 Å². The number of hydrogen-bond donors (Lipinski definition) is 1. The van der Waals surface area contributed by atoms with E-state index in [1.807, 2.05) is 6.92 Å². The maximum atomic E-state index is 13.0. The zero-order valence-electron chi connectivity index (χ0n) is 18.1. The first-order valence-electron chi connectivity index (χ1n) is 10.5. The number of rotatable bonds is 7. The second kappa shape index (κ2) is 10.5. The van der Waals surface area contributed by atoms with Crippen molar-refractivity contribution in [1.29, 1.82) is 0 Å². The molecule has 0 aliphatic carbocycles. The molecule has 2 aromatic rings. The Morgan fingerprint density at radius 2 is 1.84 bits per heavy atom. The van der Waals surface area contributed by atoms with Gasteiger partial charge in [-0.05, 0) is 55.7 Å². The van der Waals surface area contributed by atoms with Crippen molar-refractivity contribution in [3.8, 4) is 0 Å². The quantitative estimate of drug-likeness (QED) is 0.608. The van der Waals surface area contributed by atoms with E-state index in [1.54, 1.807) is 24.3 Å². The molecule has 9 heteroatoms. The van der Waals surface area contributed by atoms with Crippen LogP contribution in [0.4, 0.5) is 0 Å². The number of nitrogens with one attached hydrogen (secondary N) is 1. The van der Waals surface area contributed by atoms with E-state index in [0.717, 1.165) is 19.3 Å².